The molecule has 0 spiro atoms. The largest absolute Gasteiger partial charge is 0.204 e. The molecular weight excluding hydrogens is 172 g/mol. The van der Waals surface area contributed by atoms with E-state index in [-0.39, 0.29) is 10.6 Å². The second kappa shape index (κ2) is 2.85. The molecule has 0 N–H and O–H groups in total. The van der Waals surface area contributed by atoms with E-state index in [1.165, 1.54) is 0 Å². The lowest BCUT2D eigenvalue weighted by Crippen LogP contribution is -1.86. The molecule has 0 aliphatic carbocycles. The van der Waals surface area contributed by atoms with Crippen molar-refractivity contribution in [3.05, 3.63) is 34.4 Å². The minimum atomic E-state index is -1.12. The zero-order valence-electron chi connectivity index (χ0n) is 5.24. The first-order chi connectivity index (χ1) is 5.15. The zero-order chi connectivity index (χ0) is 8.43. The molecule has 0 aromatic heterocycles. The van der Waals surface area contributed by atoms with Crippen LogP contribution in [0.1, 0.15) is 5.56 Å². The predicted molar refractivity (Wildman–Crippen MR) is 36.1 cm³/mol. The normalized spacial score (nSPS) is 9.27. The molecule has 0 unspecified atom stereocenters. The van der Waals surface area contributed by atoms with Crippen molar-refractivity contribution in [1.82, 2.24) is 0 Å². The lowest BCUT2D eigenvalue weighted by atomic mass is 10.2. The molecule has 0 saturated carbocycles. The summed E-state index contributed by atoms with van der Waals surface area (Å²) in [6, 6.07) is 3.51. The second-order valence-electron chi connectivity index (χ2n) is 1.87. The van der Waals surface area contributed by atoms with Crippen LogP contribution < -0.4 is 0 Å². The van der Waals surface area contributed by atoms with Crippen LogP contribution >= 0.6 is 11.6 Å². The molecule has 0 fully saturated rings. The minimum Gasteiger partial charge on any atom is -0.204 e. The molecule has 56 valence electrons. The van der Waals surface area contributed by atoms with Gasteiger partial charge in [0.25, 0.3) is 0 Å². The Labute approximate surface area is 66.8 Å². The van der Waals surface area contributed by atoms with Gasteiger partial charge in [0, 0.05) is 0 Å². The van der Waals surface area contributed by atoms with Crippen LogP contribution in [0.5, 0.6) is 0 Å². The Morgan fingerprint density at radius 3 is 2.45 bits per heavy atom. The standard InChI is InChI=1S/C7H2ClF2N/c8-5-1-4(3-11)2-6(9)7(5)10/h1-2H. The Bertz CT molecular complexity index is 307. The fourth-order valence-electron chi connectivity index (χ4n) is 0.620. The number of benzene rings is 1. The first kappa shape index (κ1) is 7.96. The van der Waals surface area contributed by atoms with Crippen molar-refractivity contribution in [3.63, 3.8) is 0 Å². The zero-order valence-corrected chi connectivity index (χ0v) is 5.99. The molecule has 0 amide bonds. The number of hydrogen-bond acceptors (Lipinski definition) is 1. The molecule has 0 aliphatic rings. The van der Waals surface area contributed by atoms with Crippen molar-refractivity contribution in [1.29, 1.82) is 5.26 Å². The van der Waals surface area contributed by atoms with Gasteiger partial charge in [-0.2, -0.15) is 5.26 Å². The highest BCUT2D eigenvalue weighted by molar-refractivity contribution is 6.30. The Hall–Kier alpha value is -1.14. The predicted octanol–water partition coefficient (Wildman–Crippen LogP) is 2.49. The van der Waals surface area contributed by atoms with E-state index in [2.05, 4.69) is 0 Å². The summed E-state index contributed by atoms with van der Waals surface area (Å²) in [5.74, 6) is -2.22. The highest BCUT2D eigenvalue weighted by Gasteiger charge is 2.07. The molecule has 0 bridgehead atoms. The van der Waals surface area contributed by atoms with Gasteiger partial charge in [-0.25, -0.2) is 8.78 Å². The third-order valence-corrected chi connectivity index (χ3v) is 1.39. The van der Waals surface area contributed by atoms with Crippen molar-refractivity contribution < 1.29 is 8.78 Å². The summed E-state index contributed by atoms with van der Waals surface area (Å²) in [5, 5.41) is 7.91. The second-order valence-corrected chi connectivity index (χ2v) is 2.27. The SMILES string of the molecule is N#Cc1cc(F)c(F)c(Cl)c1. The van der Waals surface area contributed by atoms with E-state index in [1.807, 2.05) is 0 Å². The van der Waals surface area contributed by atoms with Crippen LogP contribution in [0.25, 0.3) is 0 Å². The van der Waals surface area contributed by atoms with Crippen molar-refractivity contribution >= 4 is 11.6 Å². The van der Waals surface area contributed by atoms with Crippen LogP contribution in [-0.2, 0) is 0 Å². The molecule has 4 heteroatoms. The third-order valence-electron chi connectivity index (χ3n) is 1.11. The van der Waals surface area contributed by atoms with Crippen molar-refractivity contribution in [2.24, 2.45) is 0 Å². The first-order valence-corrected chi connectivity index (χ1v) is 3.07. The van der Waals surface area contributed by atoms with Crippen LogP contribution in [-0.4, -0.2) is 0 Å². The first-order valence-electron chi connectivity index (χ1n) is 2.70. The highest BCUT2D eigenvalue weighted by atomic mass is 35.5. The van der Waals surface area contributed by atoms with E-state index >= 15 is 0 Å². The maximum absolute atomic E-state index is 12.4. The fourth-order valence-corrected chi connectivity index (χ4v) is 0.828. The maximum atomic E-state index is 12.4. The van der Waals surface area contributed by atoms with Gasteiger partial charge in [0.1, 0.15) is 0 Å². The average Bonchev–Trinajstić information content (AvgIpc) is 1.99. The van der Waals surface area contributed by atoms with Gasteiger partial charge in [-0.1, -0.05) is 11.6 Å². The Balaban J connectivity index is 3.35. The van der Waals surface area contributed by atoms with E-state index in [1.54, 1.807) is 6.07 Å². The molecule has 1 nitrogen and oxygen atoms in total. The molecular formula is C7H2ClF2N. The smallest absolute Gasteiger partial charge is 0.177 e. The van der Waals surface area contributed by atoms with Gasteiger partial charge in [0.05, 0.1) is 16.7 Å². The molecule has 0 saturated heterocycles. The van der Waals surface area contributed by atoms with Gasteiger partial charge in [0.2, 0.25) is 0 Å². The van der Waals surface area contributed by atoms with Crippen LogP contribution in [0.4, 0.5) is 8.78 Å². The minimum absolute atomic E-state index is 0.00824. The van der Waals surface area contributed by atoms with Gasteiger partial charge in [-0.15, -0.1) is 0 Å². The Morgan fingerprint density at radius 1 is 1.36 bits per heavy atom. The summed E-state index contributed by atoms with van der Waals surface area (Å²) in [6.07, 6.45) is 0. The summed E-state index contributed by atoms with van der Waals surface area (Å²) >= 11 is 5.23. The van der Waals surface area contributed by atoms with Crippen molar-refractivity contribution in [2.75, 3.05) is 0 Å². The molecule has 0 aliphatic heterocycles. The average molecular weight is 174 g/mol. The maximum Gasteiger partial charge on any atom is 0.177 e. The molecule has 1 rings (SSSR count). The van der Waals surface area contributed by atoms with Crippen LogP contribution in [0.2, 0.25) is 5.02 Å². The van der Waals surface area contributed by atoms with Gasteiger partial charge in [-0.05, 0) is 12.1 Å². The van der Waals surface area contributed by atoms with E-state index in [9.17, 15) is 8.78 Å². The third kappa shape index (κ3) is 1.47. The van der Waals surface area contributed by atoms with Crippen LogP contribution in [0.15, 0.2) is 12.1 Å². The summed E-state index contributed by atoms with van der Waals surface area (Å²) in [5.41, 5.74) is 0.00824. The lowest BCUT2D eigenvalue weighted by Gasteiger charge is -1.95. The number of rotatable bonds is 0. The van der Waals surface area contributed by atoms with E-state index in [0.29, 0.717) is 0 Å². The number of halogens is 3. The molecule has 0 heterocycles. The molecule has 11 heavy (non-hydrogen) atoms. The monoisotopic (exact) mass is 173 g/mol. The number of nitriles is 1. The number of hydrogen-bond donors (Lipinski definition) is 0. The fraction of sp³-hybridized carbons (Fsp3) is 0. The Kier molecular flexibility index (Phi) is 2.06. The summed E-state index contributed by atoms with van der Waals surface area (Å²) in [4.78, 5) is 0. The van der Waals surface area contributed by atoms with E-state index in [4.69, 9.17) is 16.9 Å². The molecule has 1 aromatic carbocycles. The molecule has 0 radical (unpaired) electrons. The van der Waals surface area contributed by atoms with Gasteiger partial charge >= 0.3 is 0 Å². The van der Waals surface area contributed by atoms with Crippen molar-refractivity contribution in [2.45, 2.75) is 0 Å². The number of nitrogens with zero attached hydrogens (tertiary/aromatic N) is 1. The highest BCUT2D eigenvalue weighted by Crippen LogP contribution is 2.18. The van der Waals surface area contributed by atoms with E-state index in [0.717, 1.165) is 12.1 Å². The summed E-state index contributed by atoms with van der Waals surface area (Å²) in [6.45, 7) is 0. The summed E-state index contributed by atoms with van der Waals surface area (Å²) in [7, 11) is 0. The van der Waals surface area contributed by atoms with Gasteiger partial charge in [0.15, 0.2) is 11.6 Å². The van der Waals surface area contributed by atoms with E-state index < -0.39 is 11.6 Å². The van der Waals surface area contributed by atoms with Crippen molar-refractivity contribution in [3.8, 4) is 6.07 Å². The lowest BCUT2D eigenvalue weighted by molar-refractivity contribution is 0.508. The quantitative estimate of drug-likeness (QED) is 0.553. The Morgan fingerprint density at radius 2 is 2.00 bits per heavy atom. The van der Waals surface area contributed by atoms with Gasteiger partial charge in [-0.3, -0.25) is 0 Å². The van der Waals surface area contributed by atoms with Crippen LogP contribution in [0, 0.1) is 23.0 Å². The molecule has 0 atom stereocenters. The molecule has 1 aromatic rings. The van der Waals surface area contributed by atoms with Gasteiger partial charge < -0.3 is 0 Å². The van der Waals surface area contributed by atoms with Crippen LogP contribution in [0.3, 0.4) is 0 Å². The summed E-state index contributed by atoms with van der Waals surface area (Å²) < 4.78 is 24.8. The topological polar surface area (TPSA) is 23.8 Å².